The number of fused-ring (bicyclic) bond motifs is 1. The molecule has 1 aromatic heterocycles. The minimum Gasteiger partial charge on any atom is -0.444 e. The lowest BCUT2D eigenvalue weighted by Gasteiger charge is -2.40. The molecule has 4 saturated heterocycles. The van der Waals surface area contributed by atoms with Gasteiger partial charge in [0, 0.05) is 84.2 Å². The smallest absolute Gasteiger partial charge is 0.410 e. The Balaban J connectivity index is 0.000000585. The van der Waals surface area contributed by atoms with Crippen LogP contribution in [0.25, 0.3) is 11.0 Å². The van der Waals surface area contributed by atoms with Gasteiger partial charge in [-0.3, -0.25) is 24.8 Å². The molecule has 4 aromatic carbocycles. The first-order valence-corrected chi connectivity index (χ1v) is 31.5. The van der Waals surface area contributed by atoms with E-state index in [-0.39, 0.29) is 74.0 Å². The Hall–Kier alpha value is -8.80. The summed E-state index contributed by atoms with van der Waals surface area (Å²) in [4.78, 5) is 90.1. The van der Waals surface area contributed by atoms with Gasteiger partial charge in [0.15, 0.2) is 0 Å². The number of hydrogen-bond acceptors (Lipinski definition) is 20. The molecule has 9 N–H and O–H groups in total. The fourth-order valence-electron chi connectivity index (χ4n) is 8.70. The van der Waals surface area contributed by atoms with Gasteiger partial charge in [-0.05, 0) is 146 Å². The van der Waals surface area contributed by atoms with E-state index in [1.807, 2.05) is 132 Å². The number of carbonyl (C=O) groups excluding carboxylic acids is 4. The summed E-state index contributed by atoms with van der Waals surface area (Å²) in [5, 5.41) is 41.9. The average molecular weight is 1350 g/mol. The molecule has 0 aliphatic carbocycles. The minimum absolute atomic E-state index is 0. The van der Waals surface area contributed by atoms with Crippen molar-refractivity contribution in [2.45, 2.75) is 165 Å². The molecular weight excluding hydrogens is 1250 g/mol. The van der Waals surface area contributed by atoms with E-state index in [1.165, 1.54) is 37.8 Å². The standard InChI is InChI=1S/C15H19N3O3.C14H19N3O4.C14H21N3O2.C8H16N2O2.C6H4FNO2.C6H15N.C2H6O.CH4O.CH4/c1-15(2,3)21-14(20)17-8-10(9-17)18-12-7-5-4-6-11(12)16-13(18)19;1-14(2,3)21-13(18)16-8-10(9-16)15-11-6-4-5-7-12(11)17(19)20;1-14(2,3)19-13(18)17-8-10(9-17)16-12-7-5-4-6-11(12)15;1-8(2,3)12-7(11)10-4-6(9)5-10;7-5-3-1-2-4-6(5)8(9)10;1-4-7(5-2)6-3;1-2-3;1-2;/h4-7,10H,8-9H2,1-3H3,(H,16,19);4-7,10,15H,8-9H2,1-3H3;4-7,10,16H,8-9,15H2,1-3H3;6H,4-5,9H2,1-3H3;1-4H;4-6H2,1-3H3;3H,2H2,1H3;2H,1H3;1H4. The zero-order chi connectivity index (χ0) is 72.2. The van der Waals surface area contributed by atoms with Gasteiger partial charge in [0.25, 0.3) is 5.69 Å². The van der Waals surface area contributed by atoms with E-state index in [9.17, 15) is 48.6 Å². The van der Waals surface area contributed by atoms with Crippen LogP contribution >= 0.6 is 0 Å². The maximum absolute atomic E-state index is 12.4. The van der Waals surface area contributed by atoms with E-state index in [2.05, 4.69) is 41.3 Å². The third-order valence-electron chi connectivity index (χ3n) is 13.3. The van der Waals surface area contributed by atoms with E-state index in [4.69, 9.17) is 40.6 Å². The molecule has 28 nitrogen and oxygen atoms in total. The number of nitrogens with two attached hydrogens (primary N) is 2. The number of aromatic amines is 1. The highest BCUT2D eigenvalue weighted by molar-refractivity contribution is 5.76. The molecule has 9 rings (SSSR count). The largest absolute Gasteiger partial charge is 0.444 e. The molecule has 0 spiro atoms. The number of imidazole rings is 1. The normalized spacial score (nSPS) is 14.3. The molecule has 5 heterocycles. The molecule has 4 aliphatic heterocycles. The molecule has 96 heavy (non-hydrogen) atoms. The maximum atomic E-state index is 12.4. The predicted octanol–water partition coefficient (Wildman–Crippen LogP) is 10.9. The van der Waals surface area contributed by atoms with Crippen molar-refractivity contribution in [3.63, 3.8) is 0 Å². The number of nitrogen functional groups attached to an aromatic ring is 1. The number of aliphatic hydroxyl groups is 2. The molecule has 0 radical (unpaired) electrons. The van der Waals surface area contributed by atoms with Gasteiger partial charge in [0.2, 0.25) is 5.82 Å². The third kappa shape index (κ3) is 30.3. The van der Waals surface area contributed by atoms with Gasteiger partial charge in [0.1, 0.15) is 28.1 Å². The molecule has 0 saturated carbocycles. The minimum atomic E-state index is -0.799. The van der Waals surface area contributed by atoms with Crippen LogP contribution in [0.4, 0.5) is 52.0 Å². The first-order chi connectivity index (χ1) is 44.3. The highest BCUT2D eigenvalue weighted by atomic mass is 19.1. The van der Waals surface area contributed by atoms with E-state index in [1.54, 1.807) is 49.3 Å². The van der Waals surface area contributed by atoms with Crippen molar-refractivity contribution >= 4 is 63.8 Å². The summed E-state index contributed by atoms with van der Waals surface area (Å²) in [5.74, 6) is -0.799. The fraction of sp³-hybridized carbons (Fsp3) is 0.567. The molecule has 0 unspecified atom stereocenters. The fourth-order valence-corrected chi connectivity index (χ4v) is 8.70. The van der Waals surface area contributed by atoms with Gasteiger partial charge in [-0.15, -0.1) is 0 Å². The van der Waals surface area contributed by atoms with Gasteiger partial charge in [0.05, 0.1) is 50.4 Å². The number of halogens is 1. The number of nitrogens with zero attached hydrogens (tertiary/aromatic N) is 8. The highest BCUT2D eigenvalue weighted by Gasteiger charge is 2.38. The number of nitro groups is 2. The zero-order valence-electron chi connectivity index (χ0n) is 58.3. The molecule has 4 fully saturated rings. The molecule has 4 amide bonds. The number of aliphatic hydroxyl groups excluding tert-OH is 2. The monoisotopic (exact) mass is 1350 g/mol. The maximum Gasteiger partial charge on any atom is 0.410 e. The third-order valence-corrected chi connectivity index (χ3v) is 13.3. The number of ether oxygens (including phenoxy) is 4. The Morgan fingerprint density at radius 3 is 1.26 bits per heavy atom. The topological polar surface area (TPSA) is 362 Å². The average Bonchev–Trinajstić information content (AvgIpc) is 1.53. The van der Waals surface area contributed by atoms with Crippen molar-refractivity contribution in [1.29, 1.82) is 0 Å². The van der Waals surface area contributed by atoms with Crippen LogP contribution in [-0.2, 0) is 18.9 Å². The van der Waals surface area contributed by atoms with Crippen LogP contribution < -0.4 is 27.8 Å². The molecular formula is C67H108FN13O15. The second-order valence-corrected chi connectivity index (χ2v) is 26.0. The molecule has 0 bridgehead atoms. The number of benzene rings is 4. The van der Waals surface area contributed by atoms with Gasteiger partial charge >= 0.3 is 35.8 Å². The van der Waals surface area contributed by atoms with Gasteiger partial charge in [-0.2, -0.15) is 4.39 Å². The number of aromatic nitrogens is 2. The van der Waals surface area contributed by atoms with Crippen LogP contribution in [-0.4, -0.2) is 205 Å². The van der Waals surface area contributed by atoms with Crippen LogP contribution in [0.5, 0.6) is 0 Å². The summed E-state index contributed by atoms with van der Waals surface area (Å²) in [5.41, 5.74) is 12.7. The Kier molecular flexibility index (Phi) is 35.4. The summed E-state index contributed by atoms with van der Waals surface area (Å²) in [6.45, 7) is 38.6. The second-order valence-electron chi connectivity index (χ2n) is 26.0. The van der Waals surface area contributed by atoms with Crippen molar-refractivity contribution in [2.75, 3.05) is 102 Å². The van der Waals surface area contributed by atoms with Crippen molar-refractivity contribution < 1.29 is 62.6 Å². The van der Waals surface area contributed by atoms with E-state index in [0.717, 1.165) is 41.7 Å². The first kappa shape index (κ1) is 85.2. The second kappa shape index (κ2) is 39.9. The number of amides is 4. The predicted molar refractivity (Wildman–Crippen MR) is 374 cm³/mol. The Morgan fingerprint density at radius 1 is 0.573 bits per heavy atom. The summed E-state index contributed by atoms with van der Waals surface area (Å²) in [6, 6.07) is 27.0. The van der Waals surface area contributed by atoms with Crippen LogP contribution in [0.1, 0.15) is 124 Å². The number of nitrogens with one attached hydrogen (secondary N) is 3. The summed E-state index contributed by atoms with van der Waals surface area (Å²) < 4.78 is 35.1. The van der Waals surface area contributed by atoms with Crippen molar-refractivity contribution in [1.82, 2.24) is 34.1 Å². The van der Waals surface area contributed by atoms with Gasteiger partial charge in [-0.25, -0.2) is 24.0 Å². The lowest BCUT2D eigenvalue weighted by molar-refractivity contribution is -0.387. The lowest BCUT2D eigenvalue weighted by Crippen LogP contribution is -2.58. The van der Waals surface area contributed by atoms with Crippen LogP contribution in [0.2, 0.25) is 0 Å². The number of hydrogen-bond donors (Lipinski definition) is 7. The Labute approximate surface area is 564 Å². The summed E-state index contributed by atoms with van der Waals surface area (Å²) in [7, 11) is 1.00. The number of para-hydroxylation sites is 7. The Morgan fingerprint density at radius 2 is 0.906 bits per heavy atom. The van der Waals surface area contributed by atoms with Crippen molar-refractivity contribution in [3.05, 3.63) is 134 Å². The van der Waals surface area contributed by atoms with Gasteiger partial charge in [-0.1, -0.05) is 76.7 Å². The molecule has 538 valence electrons. The van der Waals surface area contributed by atoms with Crippen LogP contribution in [0.15, 0.2) is 102 Å². The SMILES string of the molecule is C.CC(C)(C)OC(=O)N1CC(N)C1.CC(C)(C)OC(=O)N1CC(Nc2ccccc2N)C1.CC(C)(C)OC(=O)N1CC(Nc2ccccc2[N+](=O)[O-])C1.CC(C)(C)OC(=O)N1CC(n2c(=O)[nH]c3ccccc32)C1.CCN(CC)CC.CCO.CO.O=[N+]([O-])c1ccccc1F. The van der Waals surface area contributed by atoms with E-state index in [0.29, 0.717) is 58.0 Å². The van der Waals surface area contributed by atoms with Crippen molar-refractivity contribution in [2.24, 2.45) is 5.73 Å². The first-order valence-electron chi connectivity index (χ1n) is 31.5. The number of likely N-dealkylation sites (tertiary alicyclic amines) is 4. The summed E-state index contributed by atoms with van der Waals surface area (Å²) >= 11 is 0. The molecule has 0 atom stereocenters. The lowest BCUT2D eigenvalue weighted by atomic mass is 10.1. The Bertz CT molecular complexity index is 3230. The molecule has 5 aromatic rings. The molecule has 29 heteroatoms. The molecule has 4 aliphatic rings. The quantitative estimate of drug-likeness (QED) is 0.0295. The number of carbonyl (C=O) groups is 4. The van der Waals surface area contributed by atoms with Crippen molar-refractivity contribution in [3.8, 4) is 0 Å². The number of nitro benzene ring substituents is 2. The number of H-pyrrole nitrogens is 1. The number of rotatable bonds is 10. The zero-order valence-corrected chi connectivity index (χ0v) is 58.3. The highest BCUT2D eigenvalue weighted by Crippen LogP contribution is 2.29. The number of anilines is 3. The van der Waals surface area contributed by atoms with Gasteiger partial charge < -0.3 is 80.7 Å². The van der Waals surface area contributed by atoms with Crippen LogP contribution in [0.3, 0.4) is 0 Å². The summed E-state index contributed by atoms with van der Waals surface area (Å²) in [6.07, 6.45) is -1.20. The van der Waals surface area contributed by atoms with E-state index >= 15 is 0 Å². The van der Waals surface area contributed by atoms with E-state index < -0.39 is 43.8 Å². The van der Waals surface area contributed by atoms with Crippen LogP contribution in [0, 0.1) is 26.0 Å².